The van der Waals surface area contributed by atoms with Crippen molar-refractivity contribution in [3.8, 4) is 5.75 Å². The Labute approximate surface area is 183 Å². The lowest BCUT2D eigenvalue weighted by Gasteiger charge is -2.44. The highest BCUT2D eigenvalue weighted by atomic mass is 19.4. The Morgan fingerprint density at radius 1 is 1.13 bits per heavy atom. The van der Waals surface area contributed by atoms with Crippen LogP contribution in [0.4, 0.5) is 13.2 Å². The minimum absolute atomic E-state index is 0.0932. The third kappa shape index (κ3) is 6.16. The van der Waals surface area contributed by atoms with E-state index in [1.807, 2.05) is 0 Å². The van der Waals surface area contributed by atoms with Crippen LogP contribution in [0.15, 0.2) is 18.2 Å². The van der Waals surface area contributed by atoms with Gasteiger partial charge in [-0.15, -0.1) is 0 Å². The molecule has 0 aromatic heterocycles. The lowest BCUT2D eigenvalue weighted by atomic mass is 9.83. The van der Waals surface area contributed by atoms with Crippen LogP contribution in [-0.4, -0.2) is 61.0 Å². The minimum atomic E-state index is -4.48. The second kappa shape index (κ2) is 9.02. The highest BCUT2D eigenvalue weighted by Gasteiger charge is 2.42. The van der Waals surface area contributed by atoms with E-state index in [1.54, 1.807) is 20.8 Å². The van der Waals surface area contributed by atoms with Crippen LogP contribution < -0.4 is 4.74 Å². The molecule has 0 saturated carbocycles. The summed E-state index contributed by atoms with van der Waals surface area (Å²) in [6, 6.07) is 3.57. The van der Waals surface area contributed by atoms with Crippen LogP contribution in [0.25, 0.3) is 0 Å². The molecular weight excluding hydrogens is 408 g/mol. The van der Waals surface area contributed by atoms with Crippen molar-refractivity contribution in [3.05, 3.63) is 29.3 Å². The van der Waals surface area contributed by atoms with E-state index in [4.69, 9.17) is 9.47 Å². The average Bonchev–Trinajstić information content (AvgIpc) is 3.03. The molecule has 1 aromatic carbocycles. The molecule has 0 bridgehead atoms. The maximum atomic E-state index is 13.3. The second-order valence-electron chi connectivity index (χ2n) is 9.75. The summed E-state index contributed by atoms with van der Waals surface area (Å²) in [5.41, 5.74) is -0.715. The summed E-state index contributed by atoms with van der Waals surface area (Å²) >= 11 is 0. The Balaban J connectivity index is 1.79. The van der Waals surface area contributed by atoms with Crippen molar-refractivity contribution >= 4 is 14.0 Å². The number of rotatable bonds is 5. The van der Waals surface area contributed by atoms with Gasteiger partial charge in [-0.3, -0.25) is 4.90 Å². The number of benzene rings is 1. The molecular formula is C22H32BF3N2O3. The summed E-state index contributed by atoms with van der Waals surface area (Å²) in [5.74, 6) is -0.514. The smallest absolute Gasteiger partial charge is 0.416 e. The first-order valence-electron chi connectivity index (χ1n) is 10.9. The highest BCUT2D eigenvalue weighted by Crippen LogP contribution is 2.40. The fourth-order valence-electron chi connectivity index (χ4n) is 4.55. The maximum absolute atomic E-state index is 13.3. The zero-order valence-electron chi connectivity index (χ0n) is 18.8. The van der Waals surface area contributed by atoms with Crippen molar-refractivity contribution in [2.45, 2.75) is 70.3 Å². The molecule has 31 heavy (non-hydrogen) atoms. The number of halogens is 3. The Morgan fingerprint density at radius 3 is 2.42 bits per heavy atom. The molecule has 2 heterocycles. The van der Waals surface area contributed by atoms with Gasteiger partial charge in [0.15, 0.2) is 14.6 Å². The first-order valence-corrected chi connectivity index (χ1v) is 10.9. The SMILES string of the molecule is BN1CCC2(CCCN2Cc2ccc(C(F)(F)F)cc2OCC(=O)OC(C)(C)C)CC1. The number of alkyl halides is 3. The summed E-state index contributed by atoms with van der Waals surface area (Å²) in [6.45, 7) is 8.22. The molecule has 5 nitrogen and oxygen atoms in total. The average molecular weight is 440 g/mol. The van der Waals surface area contributed by atoms with E-state index in [0.717, 1.165) is 57.5 Å². The van der Waals surface area contributed by atoms with Gasteiger partial charge in [-0.1, -0.05) is 6.07 Å². The molecule has 172 valence electrons. The number of esters is 1. The van der Waals surface area contributed by atoms with E-state index in [9.17, 15) is 18.0 Å². The molecule has 0 unspecified atom stereocenters. The van der Waals surface area contributed by atoms with Crippen LogP contribution in [0.3, 0.4) is 0 Å². The number of carbonyl (C=O) groups excluding carboxylic acids is 1. The second-order valence-corrected chi connectivity index (χ2v) is 9.75. The number of likely N-dealkylation sites (tertiary alicyclic amines) is 1. The zero-order chi connectivity index (χ0) is 22.9. The monoisotopic (exact) mass is 440 g/mol. The zero-order valence-corrected chi connectivity index (χ0v) is 18.8. The molecule has 0 amide bonds. The van der Waals surface area contributed by atoms with Crippen LogP contribution in [0.5, 0.6) is 5.75 Å². The molecule has 0 aliphatic carbocycles. The van der Waals surface area contributed by atoms with Gasteiger partial charge < -0.3 is 14.3 Å². The van der Waals surface area contributed by atoms with E-state index in [1.165, 1.54) is 6.07 Å². The topological polar surface area (TPSA) is 42.0 Å². The summed E-state index contributed by atoms with van der Waals surface area (Å²) in [6.07, 6.45) is -0.185. The lowest BCUT2D eigenvalue weighted by molar-refractivity contribution is -0.157. The van der Waals surface area contributed by atoms with E-state index in [-0.39, 0.29) is 11.3 Å². The predicted octanol–water partition coefficient (Wildman–Crippen LogP) is 3.40. The summed E-state index contributed by atoms with van der Waals surface area (Å²) in [7, 11) is 2.12. The molecule has 2 aliphatic rings. The first kappa shape index (κ1) is 23.9. The van der Waals surface area contributed by atoms with Gasteiger partial charge in [-0.25, -0.2) is 4.79 Å². The molecule has 2 saturated heterocycles. The molecule has 0 N–H and O–H groups in total. The van der Waals surface area contributed by atoms with Crippen LogP contribution in [0.2, 0.25) is 0 Å². The maximum Gasteiger partial charge on any atom is 0.416 e. The molecule has 0 atom stereocenters. The molecule has 1 aromatic rings. The lowest BCUT2D eigenvalue weighted by Crippen LogP contribution is -2.51. The van der Waals surface area contributed by atoms with E-state index in [2.05, 4.69) is 17.7 Å². The Morgan fingerprint density at radius 2 is 1.81 bits per heavy atom. The predicted molar refractivity (Wildman–Crippen MR) is 115 cm³/mol. The van der Waals surface area contributed by atoms with Gasteiger partial charge in [0.1, 0.15) is 11.4 Å². The summed E-state index contributed by atoms with van der Waals surface area (Å²) in [4.78, 5) is 16.8. The van der Waals surface area contributed by atoms with Gasteiger partial charge in [0.2, 0.25) is 0 Å². The van der Waals surface area contributed by atoms with Gasteiger partial charge in [0.05, 0.1) is 5.56 Å². The van der Waals surface area contributed by atoms with Crippen molar-refractivity contribution in [2.24, 2.45) is 0 Å². The van der Waals surface area contributed by atoms with Crippen molar-refractivity contribution in [3.63, 3.8) is 0 Å². The number of piperidine rings is 1. The fourth-order valence-corrected chi connectivity index (χ4v) is 4.55. The summed E-state index contributed by atoms with van der Waals surface area (Å²) in [5, 5.41) is 0. The highest BCUT2D eigenvalue weighted by molar-refractivity contribution is 6.04. The minimum Gasteiger partial charge on any atom is -0.482 e. The Bertz CT molecular complexity index is 787. The molecule has 3 rings (SSSR count). The molecule has 9 heteroatoms. The fraction of sp³-hybridized carbons (Fsp3) is 0.682. The third-order valence-corrected chi connectivity index (χ3v) is 6.18. The number of hydrogen-bond acceptors (Lipinski definition) is 5. The Kier molecular flexibility index (Phi) is 6.96. The molecule has 2 aliphatic heterocycles. The van der Waals surface area contributed by atoms with E-state index < -0.39 is 29.9 Å². The first-order chi connectivity index (χ1) is 14.4. The van der Waals surface area contributed by atoms with Crippen molar-refractivity contribution in [2.75, 3.05) is 26.2 Å². The van der Waals surface area contributed by atoms with Crippen LogP contribution >= 0.6 is 0 Å². The molecule has 1 spiro atoms. The molecule has 0 radical (unpaired) electrons. The normalized spacial score (nSPS) is 20.2. The van der Waals surface area contributed by atoms with E-state index >= 15 is 0 Å². The third-order valence-electron chi connectivity index (χ3n) is 6.18. The van der Waals surface area contributed by atoms with Gasteiger partial charge in [-0.05, 0) is 78.2 Å². The van der Waals surface area contributed by atoms with E-state index in [0.29, 0.717) is 12.1 Å². The van der Waals surface area contributed by atoms with Gasteiger partial charge in [0.25, 0.3) is 0 Å². The largest absolute Gasteiger partial charge is 0.482 e. The van der Waals surface area contributed by atoms with Crippen LogP contribution in [0, 0.1) is 0 Å². The quantitative estimate of drug-likeness (QED) is 0.519. The summed E-state index contributed by atoms with van der Waals surface area (Å²) < 4.78 is 50.7. The Hall–Kier alpha value is -1.74. The number of carbonyl (C=O) groups is 1. The number of ether oxygens (including phenoxy) is 2. The van der Waals surface area contributed by atoms with Gasteiger partial charge >= 0.3 is 12.1 Å². The molecule has 2 fully saturated rings. The van der Waals surface area contributed by atoms with Crippen LogP contribution in [-0.2, 0) is 22.3 Å². The van der Waals surface area contributed by atoms with Crippen molar-refractivity contribution < 1.29 is 27.4 Å². The van der Waals surface area contributed by atoms with Gasteiger partial charge in [-0.2, -0.15) is 13.2 Å². The number of nitrogens with zero attached hydrogens (tertiary/aromatic N) is 2. The number of hydrogen-bond donors (Lipinski definition) is 0. The van der Waals surface area contributed by atoms with Crippen molar-refractivity contribution in [1.82, 2.24) is 9.71 Å². The van der Waals surface area contributed by atoms with Gasteiger partial charge in [0, 0.05) is 17.6 Å². The van der Waals surface area contributed by atoms with Crippen LogP contribution in [0.1, 0.15) is 57.6 Å². The van der Waals surface area contributed by atoms with Crippen molar-refractivity contribution in [1.29, 1.82) is 0 Å². The standard InChI is InChI=1S/C22H32BF3N2O3/c1-20(2,3)31-19(29)15-30-18-13-17(22(24,25)26)6-5-16(18)14-27-10-4-7-21(27)8-11-28(23)12-9-21/h5-6,13H,4,7-12,14-15,23H2,1-3H3.